The molecule has 3 aromatic rings. The summed E-state index contributed by atoms with van der Waals surface area (Å²) >= 11 is 2.09. The fourth-order valence-electron chi connectivity index (χ4n) is 3.02. The number of benzene rings is 3. The Kier molecular flexibility index (Phi) is 7.63. The number of carbonyl (C=O) groups is 1. The lowest BCUT2D eigenvalue weighted by atomic mass is 10.0. The maximum Gasteiger partial charge on any atom is 0.335 e. The second-order valence-corrected chi connectivity index (χ2v) is 7.96. The van der Waals surface area contributed by atoms with E-state index in [2.05, 4.69) is 28.7 Å². The minimum Gasteiger partial charge on any atom is -0.493 e. The molecule has 0 aliphatic carbocycles. The number of halogens is 1. The fraction of sp³-hybridized carbons (Fsp3) is 0.0833. The zero-order chi connectivity index (χ0) is 24.0. The van der Waals surface area contributed by atoms with Gasteiger partial charge in [-0.15, -0.1) is 0 Å². The minimum atomic E-state index is -1.04. The molecule has 9 heteroatoms. The average molecular weight is 556 g/mol. The number of non-ortho nitro benzene ring substituents is 1. The van der Waals surface area contributed by atoms with Crippen LogP contribution in [-0.4, -0.2) is 23.1 Å². The van der Waals surface area contributed by atoms with Crippen molar-refractivity contribution in [3.63, 3.8) is 0 Å². The largest absolute Gasteiger partial charge is 0.493 e. The smallest absolute Gasteiger partial charge is 0.335 e. The number of ether oxygens (including phenoxy) is 2. The molecule has 0 heterocycles. The summed E-state index contributed by atoms with van der Waals surface area (Å²) in [6.07, 6.45) is 1.67. The Balaban J connectivity index is 1.87. The summed E-state index contributed by atoms with van der Waals surface area (Å²) in [7, 11) is 1.49. The van der Waals surface area contributed by atoms with Gasteiger partial charge in [0.1, 0.15) is 6.61 Å². The third-order valence-electron chi connectivity index (χ3n) is 4.63. The number of hydrogen-bond donors (Lipinski definition) is 1. The van der Waals surface area contributed by atoms with Gasteiger partial charge < -0.3 is 14.6 Å². The predicted octanol–water partition coefficient (Wildman–Crippen LogP) is 5.55. The molecule has 33 heavy (non-hydrogen) atoms. The van der Waals surface area contributed by atoms with Crippen molar-refractivity contribution in [2.45, 2.75) is 6.61 Å². The van der Waals surface area contributed by atoms with E-state index in [1.165, 1.54) is 31.4 Å². The van der Waals surface area contributed by atoms with Gasteiger partial charge in [0.25, 0.3) is 5.69 Å². The number of rotatable bonds is 8. The molecule has 0 unspecified atom stereocenters. The highest BCUT2D eigenvalue weighted by molar-refractivity contribution is 14.1. The van der Waals surface area contributed by atoms with Crippen LogP contribution < -0.4 is 9.47 Å². The van der Waals surface area contributed by atoms with E-state index in [1.807, 2.05) is 6.07 Å². The number of hydrogen-bond acceptors (Lipinski definition) is 6. The van der Waals surface area contributed by atoms with E-state index in [0.29, 0.717) is 33.8 Å². The van der Waals surface area contributed by atoms with Gasteiger partial charge in [-0.05, 0) is 69.6 Å². The Hall–Kier alpha value is -3.91. The Bertz CT molecular complexity index is 1280. The molecule has 0 radical (unpaired) electrons. The number of nitro groups is 1. The predicted molar refractivity (Wildman–Crippen MR) is 130 cm³/mol. The van der Waals surface area contributed by atoms with Crippen molar-refractivity contribution in [1.82, 2.24) is 0 Å². The molecule has 0 saturated carbocycles. The molecule has 1 N–H and O–H groups in total. The number of nitro benzene ring substituents is 1. The first kappa shape index (κ1) is 23.7. The summed E-state index contributed by atoms with van der Waals surface area (Å²) in [4.78, 5) is 21.5. The summed E-state index contributed by atoms with van der Waals surface area (Å²) < 4.78 is 12.1. The van der Waals surface area contributed by atoms with Crippen molar-refractivity contribution in [2.24, 2.45) is 0 Å². The molecule has 3 aromatic carbocycles. The van der Waals surface area contributed by atoms with Crippen LogP contribution in [0.2, 0.25) is 0 Å². The molecule has 0 amide bonds. The van der Waals surface area contributed by atoms with E-state index in [0.717, 1.165) is 3.57 Å². The van der Waals surface area contributed by atoms with E-state index >= 15 is 0 Å². The third kappa shape index (κ3) is 5.87. The summed E-state index contributed by atoms with van der Waals surface area (Å²) in [5.74, 6) is -0.118. The SMILES string of the molecule is COc1cc(/C=C(/C#N)c2ccc(C(=O)O)cc2)cc(I)c1OCc1cccc([N+](=O)[O-])c1. The topological polar surface area (TPSA) is 123 Å². The van der Waals surface area contributed by atoms with Gasteiger partial charge >= 0.3 is 5.97 Å². The van der Waals surface area contributed by atoms with Gasteiger partial charge in [-0.1, -0.05) is 24.3 Å². The van der Waals surface area contributed by atoms with Crippen molar-refractivity contribution >= 4 is 45.9 Å². The molecule has 0 aliphatic rings. The second-order valence-electron chi connectivity index (χ2n) is 6.80. The number of aromatic carboxylic acids is 1. The highest BCUT2D eigenvalue weighted by Gasteiger charge is 2.14. The van der Waals surface area contributed by atoms with Crippen LogP contribution in [0.3, 0.4) is 0 Å². The highest BCUT2D eigenvalue weighted by atomic mass is 127. The van der Waals surface area contributed by atoms with E-state index in [9.17, 15) is 20.2 Å². The monoisotopic (exact) mass is 556 g/mol. The number of methoxy groups -OCH3 is 1. The molecule has 0 spiro atoms. The maximum atomic E-state index is 11.0. The molecule has 3 rings (SSSR count). The zero-order valence-corrected chi connectivity index (χ0v) is 19.5. The molecular weight excluding hydrogens is 539 g/mol. The quantitative estimate of drug-likeness (QED) is 0.127. The molecule has 8 nitrogen and oxygen atoms in total. The van der Waals surface area contributed by atoms with Crippen molar-refractivity contribution in [3.05, 3.63) is 96.6 Å². The van der Waals surface area contributed by atoms with Crippen LogP contribution in [0.4, 0.5) is 5.69 Å². The Labute approximate surface area is 203 Å². The van der Waals surface area contributed by atoms with Gasteiger partial charge in [-0.25, -0.2) is 4.79 Å². The molecule has 0 atom stereocenters. The van der Waals surface area contributed by atoms with Crippen LogP contribution in [-0.2, 0) is 6.61 Å². The second kappa shape index (κ2) is 10.6. The van der Waals surface area contributed by atoms with Crippen LogP contribution in [0.1, 0.15) is 27.0 Å². The molecule has 0 saturated heterocycles. The standard InChI is InChI=1S/C24H17IN2O6/c1-32-22-12-16(9-19(13-26)17-5-7-18(8-6-17)24(28)29)11-21(25)23(22)33-14-15-3-2-4-20(10-15)27(30)31/h2-12H,14H2,1H3,(H,28,29)/b19-9-. The van der Waals surface area contributed by atoms with Gasteiger partial charge in [-0.3, -0.25) is 10.1 Å². The van der Waals surface area contributed by atoms with E-state index in [4.69, 9.17) is 14.6 Å². The third-order valence-corrected chi connectivity index (χ3v) is 5.43. The first-order valence-electron chi connectivity index (χ1n) is 9.51. The molecule has 0 bridgehead atoms. The number of nitrogens with zero attached hydrogens (tertiary/aromatic N) is 2. The van der Waals surface area contributed by atoms with Gasteiger partial charge in [0.2, 0.25) is 0 Å². The first-order chi connectivity index (χ1) is 15.8. The lowest BCUT2D eigenvalue weighted by Crippen LogP contribution is -2.01. The van der Waals surface area contributed by atoms with Crippen LogP contribution in [0.15, 0.2) is 60.7 Å². The van der Waals surface area contributed by atoms with Crippen LogP contribution >= 0.6 is 22.6 Å². The minimum absolute atomic E-state index is 0.0151. The molecule has 166 valence electrons. The number of carboxylic acids is 1. The molecule has 0 fully saturated rings. The Morgan fingerprint density at radius 2 is 1.88 bits per heavy atom. The van der Waals surface area contributed by atoms with Crippen molar-refractivity contribution in [2.75, 3.05) is 7.11 Å². The molecule has 0 aliphatic heterocycles. The summed E-state index contributed by atoms with van der Waals surface area (Å²) in [5.41, 5.74) is 2.40. The number of carboxylic acid groups (broad SMARTS) is 1. The fourth-order valence-corrected chi connectivity index (χ4v) is 3.80. The molecule has 0 aromatic heterocycles. The highest BCUT2D eigenvalue weighted by Crippen LogP contribution is 2.36. The van der Waals surface area contributed by atoms with Gasteiger partial charge in [-0.2, -0.15) is 5.26 Å². The van der Waals surface area contributed by atoms with Crippen molar-refractivity contribution in [1.29, 1.82) is 5.26 Å². The van der Waals surface area contributed by atoms with Gasteiger partial charge in [0, 0.05) is 12.1 Å². The summed E-state index contributed by atoms with van der Waals surface area (Å²) in [5, 5.41) is 29.6. The number of allylic oxidation sites excluding steroid dienone is 1. The van der Waals surface area contributed by atoms with Crippen LogP contribution in [0.5, 0.6) is 11.5 Å². The van der Waals surface area contributed by atoms with E-state index in [-0.39, 0.29) is 17.9 Å². The van der Waals surface area contributed by atoms with Crippen LogP contribution in [0.25, 0.3) is 11.6 Å². The Morgan fingerprint density at radius 1 is 1.18 bits per heavy atom. The van der Waals surface area contributed by atoms with Gasteiger partial charge in [0.15, 0.2) is 11.5 Å². The van der Waals surface area contributed by atoms with Crippen LogP contribution in [0, 0.1) is 25.0 Å². The lowest BCUT2D eigenvalue weighted by Gasteiger charge is -2.14. The zero-order valence-electron chi connectivity index (χ0n) is 17.3. The van der Waals surface area contributed by atoms with Crippen molar-refractivity contribution in [3.8, 4) is 17.6 Å². The van der Waals surface area contributed by atoms with Crippen molar-refractivity contribution < 1.29 is 24.3 Å². The normalized spacial score (nSPS) is 10.9. The lowest BCUT2D eigenvalue weighted by molar-refractivity contribution is -0.384. The molecular formula is C24H17IN2O6. The van der Waals surface area contributed by atoms with Gasteiger partial charge in [0.05, 0.1) is 32.8 Å². The number of nitriles is 1. The van der Waals surface area contributed by atoms with E-state index in [1.54, 1.807) is 36.4 Å². The Morgan fingerprint density at radius 3 is 2.48 bits per heavy atom. The average Bonchev–Trinajstić information content (AvgIpc) is 2.81. The first-order valence-corrected chi connectivity index (χ1v) is 10.6. The maximum absolute atomic E-state index is 11.0. The van der Waals surface area contributed by atoms with E-state index < -0.39 is 10.9 Å². The summed E-state index contributed by atoms with van der Waals surface area (Å²) in [6, 6.07) is 17.9. The summed E-state index contributed by atoms with van der Waals surface area (Å²) in [6.45, 7) is 0.114.